The van der Waals surface area contributed by atoms with Crippen LogP contribution in [0.3, 0.4) is 0 Å². The molecule has 1 aliphatic rings. The number of nitrogens with zero attached hydrogens (tertiary/aromatic N) is 5. The molecule has 2 aromatic heterocycles. The van der Waals surface area contributed by atoms with Gasteiger partial charge in [-0.15, -0.1) is 5.10 Å². The zero-order valence-electron chi connectivity index (χ0n) is 11.7. The summed E-state index contributed by atoms with van der Waals surface area (Å²) in [7, 11) is 0. The monoisotopic (exact) mass is 290 g/mol. The number of tetrazole rings is 1. The van der Waals surface area contributed by atoms with Crippen molar-refractivity contribution in [1.29, 1.82) is 0 Å². The summed E-state index contributed by atoms with van der Waals surface area (Å²) in [6, 6.07) is 0. The fourth-order valence-corrected chi connectivity index (χ4v) is 3.02. The van der Waals surface area contributed by atoms with Crippen LogP contribution in [0, 0.1) is 5.41 Å². The molecular formula is C13H18N6O2. The van der Waals surface area contributed by atoms with Crippen molar-refractivity contribution in [3.8, 4) is 11.4 Å². The predicted octanol–water partition coefficient (Wildman–Crippen LogP) is 1.49. The van der Waals surface area contributed by atoms with E-state index in [9.17, 15) is 9.90 Å². The molecule has 0 aromatic carbocycles. The zero-order chi connectivity index (χ0) is 14.7. The summed E-state index contributed by atoms with van der Waals surface area (Å²) in [6.07, 6.45) is 8.74. The number of hydrogen-bond donors (Lipinski definition) is 2. The molecule has 1 fully saturated rings. The van der Waals surface area contributed by atoms with Crippen LogP contribution in [-0.4, -0.2) is 41.5 Å². The molecule has 0 amide bonds. The van der Waals surface area contributed by atoms with Gasteiger partial charge < -0.3 is 5.11 Å². The largest absolute Gasteiger partial charge is 0.481 e. The van der Waals surface area contributed by atoms with Gasteiger partial charge in [0.25, 0.3) is 0 Å². The van der Waals surface area contributed by atoms with E-state index in [1.54, 1.807) is 17.1 Å². The molecule has 0 bridgehead atoms. The minimum atomic E-state index is -0.773. The highest BCUT2D eigenvalue weighted by atomic mass is 16.4. The predicted molar refractivity (Wildman–Crippen MR) is 73.2 cm³/mol. The Hall–Kier alpha value is -2.25. The molecule has 0 unspecified atom stereocenters. The number of rotatable bonds is 4. The summed E-state index contributed by atoms with van der Waals surface area (Å²) >= 11 is 0. The first kappa shape index (κ1) is 13.7. The summed E-state index contributed by atoms with van der Waals surface area (Å²) in [5, 5.41) is 28.0. The molecule has 1 saturated carbocycles. The molecule has 8 heteroatoms. The Bertz CT molecular complexity index is 598. The zero-order valence-corrected chi connectivity index (χ0v) is 11.7. The van der Waals surface area contributed by atoms with Gasteiger partial charge in [-0.25, -0.2) is 4.68 Å². The van der Waals surface area contributed by atoms with Crippen LogP contribution in [0.15, 0.2) is 12.4 Å². The highest BCUT2D eigenvalue weighted by Crippen LogP contribution is 2.37. The summed E-state index contributed by atoms with van der Waals surface area (Å²) in [6.45, 7) is 0.301. The van der Waals surface area contributed by atoms with Crippen LogP contribution in [0.5, 0.6) is 0 Å². The van der Waals surface area contributed by atoms with Crippen molar-refractivity contribution in [2.45, 2.75) is 45.1 Å². The van der Waals surface area contributed by atoms with Crippen molar-refractivity contribution in [1.82, 2.24) is 30.4 Å². The Morgan fingerprint density at radius 1 is 1.33 bits per heavy atom. The number of aromatic amines is 1. The number of hydrogen-bond acceptors (Lipinski definition) is 5. The van der Waals surface area contributed by atoms with Crippen LogP contribution in [0.25, 0.3) is 11.4 Å². The number of H-pyrrole nitrogens is 1. The van der Waals surface area contributed by atoms with Gasteiger partial charge in [0.1, 0.15) is 0 Å². The van der Waals surface area contributed by atoms with Crippen LogP contribution < -0.4 is 0 Å². The van der Waals surface area contributed by atoms with Gasteiger partial charge in [-0.2, -0.15) is 5.10 Å². The molecule has 1 aliphatic carbocycles. The molecule has 2 heterocycles. The highest BCUT2D eigenvalue weighted by Gasteiger charge is 2.40. The number of carboxylic acids is 1. The lowest BCUT2D eigenvalue weighted by Crippen LogP contribution is -2.35. The maximum Gasteiger partial charge on any atom is 0.311 e. The van der Waals surface area contributed by atoms with Gasteiger partial charge in [-0.1, -0.05) is 25.7 Å². The Balaban J connectivity index is 1.90. The molecule has 21 heavy (non-hydrogen) atoms. The topological polar surface area (TPSA) is 110 Å². The van der Waals surface area contributed by atoms with Gasteiger partial charge in [-0.3, -0.25) is 9.89 Å². The molecule has 0 saturated heterocycles. The van der Waals surface area contributed by atoms with Crippen LogP contribution >= 0.6 is 0 Å². The lowest BCUT2D eigenvalue weighted by molar-refractivity contribution is -0.151. The molecule has 2 aromatic rings. The van der Waals surface area contributed by atoms with E-state index in [1.807, 2.05) is 0 Å². The third kappa shape index (κ3) is 2.65. The molecule has 3 rings (SSSR count). The smallest absolute Gasteiger partial charge is 0.311 e. The van der Waals surface area contributed by atoms with E-state index in [0.29, 0.717) is 25.2 Å². The lowest BCUT2D eigenvalue weighted by atomic mass is 9.80. The molecule has 0 spiro atoms. The van der Waals surface area contributed by atoms with Gasteiger partial charge in [-0.05, 0) is 23.3 Å². The molecule has 8 nitrogen and oxygen atoms in total. The molecule has 2 N–H and O–H groups in total. The van der Waals surface area contributed by atoms with Gasteiger partial charge in [0.05, 0.1) is 23.7 Å². The number of nitrogens with one attached hydrogen (secondary N) is 1. The molecular weight excluding hydrogens is 272 g/mol. The minimum Gasteiger partial charge on any atom is -0.481 e. The van der Waals surface area contributed by atoms with Crippen molar-refractivity contribution in [3.63, 3.8) is 0 Å². The van der Waals surface area contributed by atoms with E-state index in [-0.39, 0.29) is 0 Å². The molecule has 0 atom stereocenters. The normalized spacial score (nSPS) is 18.3. The number of aliphatic carboxylic acids is 1. The van der Waals surface area contributed by atoms with Crippen LogP contribution in [0.2, 0.25) is 0 Å². The lowest BCUT2D eigenvalue weighted by Gasteiger charge is -2.27. The van der Waals surface area contributed by atoms with Crippen LogP contribution in [0.1, 0.15) is 38.5 Å². The van der Waals surface area contributed by atoms with Crippen molar-refractivity contribution >= 4 is 5.97 Å². The Kier molecular flexibility index (Phi) is 3.68. The van der Waals surface area contributed by atoms with Crippen LogP contribution in [-0.2, 0) is 11.3 Å². The van der Waals surface area contributed by atoms with E-state index in [1.165, 1.54) is 0 Å². The fourth-order valence-electron chi connectivity index (χ4n) is 3.02. The van der Waals surface area contributed by atoms with E-state index in [0.717, 1.165) is 31.2 Å². The first-order valence-electron chi connectivity index (χ1n) is 7.20. The second-order valence-corrected chi connectivity index (χ2v) is 5.65. The first-order valence-corrected chi connectivity index (χ1v) is 7.20. The average Bonchev–Trinajstić information content (AvgIpc) is 3.07. The second-order valence-electron chi connectivity index (χ2n) is 5.65. The molecule has 0 radical (unpaired) electrons. The third-order valence-electron chi connectivity index (χ3n) is 4.26. The Labute approximate surface area is 121 Å². The summed E-state index contributed by atoms with van der Waals surface area (Å²) in [5.74, 6) is -0.202. The Morgan fingerprint density at radius 2 is 2.10 bits per heavy atom. The number of carboxylic acid groups (broad SMARTS) is 1. The van der Waals surface area contributed by atoms with Crippen molar-refractivity contribution < 1.29 is 9.90 Å². The van der Waals surface area contributed by atoms with Crippen molar-refractivity contribution in [3.05, 3.63) is 12.4 Å². The summed E-state index contributed by atoms with van der Waals surface area (Å²) in [5.41, 5.74) is -0.0150. The standard InChI is InChI=1S/C13H18N6O2/c20-12(21)13(5-3-1-2-4-6-13)9-19-11(16-17-18-19)10-7-14-15-8-10/h7-8H,1-6,9H2,(H,14,15)(H,20,21). The highest BCUT2D eigenvalue weighted by molar-refractivity contribution is 5.74. The second kappa shape index (κ2) is 5.63. The summed E-state index contributed by atoms with van der Waals surface area (Å²) in [4.78, 5) is 11.9. The summed E-state index contributed by atoms with van der Waals surface area (Å²) < 4.78 is 1.59. The maximum atomic E-state index is 11.9. The van der Waals surface area contributed by atoms with Gasteiger partial charge in [0.2, 0.25) is 0 Å². The quantitative estimate of drug-likeness (QED) is 0.825. The minimum absolute atomic E-state index is 0.301. The third-order valence-corrected chi connectivity index (χ3v) is 4.26. The molecule has 112 valence electrons. The van der Waals surface area contributed by atoms with Crippen LogP contribution in [0.4, 0.5) is 0 Å². The van der Waals surface area contributed by atoms with E-state index in [2.05, 4.69) is 25.7 Å². The van der Waals surface area contributed by atoms with Gasteiger partial charge in [0, 0.05) is 6.20 Å². The molecule has 0 aliphatic heterocycles. The number of aromatic nitrogens is 6. The number of carbonyl (C=O) groups is 1. The van der Waals surface area contributed by atoms with Crippen molar-refractivity contribution in [2.24, 2.45) is 5.41 Å². The first-order chi connectivity index (χ1) is 10.2. The van der Waals surface area contributed by atoms with Gasteiger partial charge in [0.15, 0.2) is 5.82 Å². The van der Waals surface area contributed by atoms with E-state index < -0.39 is 11.4 Å². The fraction of sp³-hybridized carbons (Fsp3) is 0.615. The SMILES string of the molecule is O=C(O)C1(Cn2nnnc2-c2cn[nH]c2)CCCCCC1. The van der Waals surface area contributed by atoms with E-state index >= 15 is 0 Å². The average molecular weight is 290 g/mol. The van der Waals surface area contributed by atoms with Gasteiger partial charge >= 0.3 is 5.97 Å². The van der Waals surface area contributed by atoms with E-state index in [4.69, 9.17) is 0 Å². The maximum absolute atomic E-state index is 11.9. The van der Waals surface area contributed by atoms with Crippen molar-refractivity contribution in [2.75, 3.05) is 0 Å². The Morgan fingerprint density at radius 3 is 2.71 bits per heavy atom.